The van der Waals surface area contributed by atoms with Crippen molar-refractivity contribution in [1.82, 2.24) is 14.5 Å². The van der Waals surface area contributed by atoms with Crippen LogP contribution in [0.4, 0.5) is 0 Å². The van der Waals surface area contributed by atoms with Gasteiger partial charge < -0.3 is 4.57 Å². The van der Waals surface area contributed by atoms with Crippen LogP contribution in [0.5, 0.6) is 0 Å². The van der Waals surface area contributed by atoms with Crippen molar-refractivity contribution in [3.63, 3.8) is 0 Å². The molecule has 0 aliphatic heterocycles. The minimum Gasteiger partial charge on any atom is -0.335 e. The van der Waals surface area contributed by atoms with Gasteiger partial charge in [0.15, 0.2) is 0 Å². The second-order valence-electron chi connectivity index (χ2n) is 5.20. The number of fused-ring (bicyclic) bond motifs is 1. The van der Waals surface area contributed by atoms with Gasteiger partial charge in [-0.1, -0.05) is 24.3 Å². The Balaban J connectivity index is 1.92. The highest BCUT2D eigenvalue weighted by Crippen LogP contribution is 2.25. The molecule has 0 radical (unpaired) electrons. The van der Waals surface area contributed by atoms with Crippen molar-refractivity contribution in [2.24, 2.45) is 12.2 Å². The number of aryl methyl sites for hydroxylation is 2. The minimum absolute atomic E-state index is 0.0528. The highest BCUT2D eigenvalue weighted by molar-refractivity contribution is 7.89. The average molecular weight is 316 g/mol. The zero-order valence-corrected chi connectivity index (χ0v) is 12.9. The van der Waals surface area contributed by atoms with Crippen molar-refractivity contribution in [1.29, 1.82) is 0 Å². The Labute approximate surface area is 128 Å². The van der Waals surface area contributed by atoms with Crippen LogP contribution in [0.15, 0.2) is 42.9 Å². The maximum Gasteiger partial charge on any atom is 0.209 e. The number of aromatic nitrogens is 3. The highest BCUT2D eigenvalue weighted by atomic mass is 32.2. The molecule has 1 aromatic carbocycles. The fourth-order valence-corrected chi connectivity index (χ4v) is 2.92. The zero-order valence-electron chi connectivity index (χ0n) is 12.1. The van der Waals surface area contributed by atoms with E-state index in [0.29, 0.717) is 6.42 Å². The lowest BCUT2D eigenvalue weighted by molar-refractivity contribution is 0.597. The van der Waals surface area contributed by atoms with Crippen LogP contribution in [0.3, 0.4) is 0 Å². The topological polar surface area (TPSA) is 90.9 Å². The average Bonchev–Trinajstić information content (AvgIpc) is 2.87. The predicted molar refractivity (Wildman–Crippen MR) is 85.6 cm³/mol. The maximum atomic E-state index is 11.0. The first-order chi connectivity index (χ1) is 10.4. The Morgan fingerprint density at radius 3 is 2.55 bits per heavy atom. The first-order valence-electron chi connectivity index (χ1n) is 6.80. The van der Waals surface area contributed by atoms with Crippen molar-refractivity contribution in [2.45, 2.75) is 6.42 Å². The number of benzene rings is 1. The number of rotatable bonds is 4. The molecule has 114 valence electrons. The molecule has 3 aromatic rings. The molecule has 0 fully saturated rings. The van der Waals surface area contributed by atoms with Gasteiger partial charge in [-0.3, -0.25) is 0 Å². The van der Waals surface area contributed by atoms with Crippen LogP contribution < -0.4 is 5.14 Å². The Kier molecular flexibility index (Phi) is 3.67. The van der Waals surface area contributed by atoms with E-state index in [-0.39, 0.29) is 5.75 Å². The first-order valence-corrected chi connectivity index (χ1v) is 8.51. The van der Waals surface area contributed by atoms with E-state index in [0.717, 1.165) is 27.9 Å². The van der Waals surface area contributed by atoms with E-state index < -0.39 is 10.0 Å². The number of nitrogens with zero attached hydrogens (tertiary/aromatic N) is 3. The van der Waals surface area contributed by atoms with Crippen molar-refractivity contribution in [2.75, 3.05) is 5.75 Å². The van der Waals surface area contributed by atoms with Crippen LogP contribution in [-0.2, 0) is 23.5 Å². The van der Waals surface area contributed by atoms with Gasteiger partial charge in [-0.25, -0.2) is 23.5 Å². The minimum atomic E-state index is -3.43. The summed E-state index contributed by atoms with van der Waals surface area (Å²) in [6.45, 7) is 0. The monoisotopic (exact) mass is 316 g/mol. The molecule has 0 aliphatic carbocycles. The summed E-state index contributed by atoms with van der Waals surface area (Å²) in [5, 5.41) is 6.01. The molecule has 0 atom stereocenters. The summed E-state index contributed by atoms with van der Waals surface area (Å²) < 4.78 is 23.9. The van der Waals surface area contributed by atoms with Gasteiger partial charge in [0.05, 0.1) is 11.4 Å². The van der Waals surface area contributed by atoms with E-state index in [1.54, 1.807) is 6.33 Å². The van der Waals surface area contributed by atoms with Crippen molar-refractivity contribution in [3.05, 3.63) is 48.4 Å². The van der Waals surface area contributed by atoms with E-state index >= 15 is 0 Å². The van der Waals surface area contributed by atoms with Crippen LogP contribution in [0.25, 0.3) is 22.3 Å². The number of hydrogen-bond donors (Lipinski definition) is 1. The lowest BCUT2D eigenvalue weighted by Gasteiger charge is -2.05. The third-order valence-electron chi connectivity index (χ3n) is 3.56. The van der Waals surface area contributed by atoms with Crippen LogP contribution in [0.2, 0.25) is 0 Å². The Morgan fingerprint density at radius 2 is 1.86 bits per heavy atom. The second-order valence-corrected chi connectivity index (χ2v) is 6.93. The summed E-state index contributed by atoms with van der Waals surface area (Å²) in [6, 6.07) is 9.66. The number of hydrogen-bond acceptors (Lipinski definition) is 4. The largest absolute Gasteiger partial charge is 0.335 e. The number of nitrogens with two attached hydrogens (primary N) is 1. The third kappa shape index (κ3) is 3.00. The zero-order chi connectivity index (χ0) is 15.7. The van der Waals surface area contributed by atoms with E-state index in [2.05, 4.69) is 9.97 Å². The molecule has 2 aromatic heterocycles. The molecule has 2 heterocycles. The predicted octanol–water partition coefficient (Wildman–Crippen LogP) is 1.47. The van der Waals surface area contributed by atoms with Crippen molar-refractivity contribution in [3.8, 4) is 11.3 Å². The summed E-state index contributed by atoms with van der Waals surface area (Å²) in [5.74, 6) is -0.0528. The van der Waals surface area contributed by atoms with E-state index in [1.807, 2.05) is 48.1 Å². The van der Waals surface area contributed by atoms with Crippen LogP contribution in [0.1, 0.15) is 5.56 Å². The molecule has 7 heteroatoms. The molecule has 0 amide bonds. The summed E-state index contributed by atoms with van der Waals surface area (Å²) >= 11 is 0. The third-order valence-corrected chi connectivity index (χ3v) is 4.34. The Morgan fingerprint density at radius 1 is 1.14 bits per heavy atom. The van der Waals surface area contributed by atoms with Crippen LogP contribution in [-0.4, -0.2) is 28.7 Å². The molecule has 0 bridgehead atoms. The van der Waals surface area contributed by atoms with E-state index in [4.69, 9.17) is 5.14 Å². The van der Waals surface area contributed by atoms with Crippen LogP contribution >= 0.6 is 0 Å². The molecule has 0 unspecified atom stereocenters. The van der Waals surface area contributed by atoms with Gasteiger partial charge in [0.25, 0.3) is 0 Å². The Bertz CT molecular complexity index is 914. The smallest absolute Gasteiger partial charge is 0.209 e. The lowest BCUT2D eigenvalue weighted by atomic mass is 10.1. The van der Waals surface area contributed by atoms with Crippen molar-refractivity contribution < 1.29 is 8.42 Å². The molecular weight excluding hydrogens is 300 g/mol. The Hall–Kier alpha value is -2.25. The summed E-state index contributed by atoms with van der Waals surface area (Å²) in [5.41, 5.74) is 3.64. The van der Waals surface area contributed by atoms with Gasteiger partial charge in [-0.2, -0.15) is 0 Å². The first kappa shape index (κ1) is 14.7. The van der Waals surface area contributed by atoms with E-state index in [1.165, 1.54) is 0 Å². The quantitative estimate of drug-likeness (QED) is 0.789. The number of sulfonamides is 1. The fourth-order valence-electron chi connectivity index (χ4n) is 2.40. The summed E-state index contributed by atoms with van der Waals surface area (Å²) in [4.78, 5) is 8.64. The number of primary sulfonamides is 1. The summed E-state index contributed by atoms with van der Waals surface area (Å²) in [7, 11) is -1.49. The molecular formula is C15H16N4O2S. The van der Waals surface area contributed by atoms with Crippen molar-refractivity contribution >= 4 is 21.1 Å². The van der Waals surface area contributed by atoms with E-state index in [9.17, 15) is 8.42 Å². The van der Waals surface area contributed by atoms with Crippen LogP contribution in [0, 0.1) is 0 Å². The van der Waals surface area contributed by atoms with Gasteiger partial charge in [0.1, 0.15) is 12.0 Å². The molecule has 0 saturated carbocycles. The van der Waals surface area contributed by atoms with Gasteiger partial charge in [0, 0.05) is 24.2 Å². The van der Waals surface area contributed by atoms with Gasteiger partial charge in [-0.15, -0.1) is 0 Å². The van der Waals surface area contributed by atoms with Gasteiger partial charge in [-0.05, 0) is 18.1 Å². The molecule has 0 spiro atoms. The summed E-state index contributed by atoms with van der Waals surface area (Å²) in [6.07, 6.45) is 3.90. The van der Waals surface area contributed by atoms with Gasteiger partial charge >= 0.3 is 0 Å². The fraction of sp³-hybridized carbons (Fsp3) is 0.200. The molecule has 3 rings (SSSR count). The SMILES string of the molecule is Cn1ccc2c(-c3ccc(CCS(N)(=O)=O)cc3)ncnc21. The molecule has 0 aliphatic rings. The standard InChI is InChI=1S/C15H16N4O2S/c1-19-8-6-13-14(17-10-18-15(13)19)12-4-2-11(3-5-12)7-9-22(16,20)21/h2-6,8,10H,7,9H2,1H3,(H2,16,20,21). The normalized spacial score (nSPS) is 11.9. The van der Waals surface area contributed by atoms with Gasteiger partial charge in [0.2, 0.25) is 10.0 Å². The maximum absolute atomic E-state index is 11.0. The second kappa shape index (κ2) is 5.51. The highest BCUT2D eigenvalue weighted by Gasteiger charge is 2.09. The molecule has 6 nitrogen and oxygen atoms in total. The molecule has 22 heavy (non-hydrogen) atoms. The molecule has 2 N–H and O–H groups in total. The molecule has 0 saturated heterocycles. The lowest BCUT2D eigenvalue weighted by Crippen LogP contribution is -2.17.